The summed E-state index contributed by atoms with van der Waals surface area (Å²) < 4.78 is 2.15. The largest absolute Gasteiger partial charge is 0.369 e. The molecular weight excluding hydrogens is 448 g/mol. The number of piperazine rings is 1. The number of rotatable bonds is 4. The molecule has 8 nitrogen and oxygen atoms in total. The van der Waals surface area contributed by atoms with Gasteiger partial charge in [-0.2, -0.15) is 5.10 Å². The molecule has 2 fully saturated rings. The fourth-order valence-corrected chi connectivity index (χ4v) is 5.87. The molecule has 0 aliphatic carbocycles. The molecule has 2 aliphatic heterocycles. The van der Waals surface area contributed by atoms with Crippen LogP contribution in [0.2, 0.25) is 0 Å². The minimum atomic E-state index is 0.472. The summed E-state index contributed by atoms with van der Waals surface area (Å²) in [5.74, 6) is 0. The van der Waals surface area contributed by atoms with E-state index in [1.807, 2.05) is 12.4 Å². The highest BCUT2D eigenvalue weighted by atomic mass is 15.3. The van der Waals surface area contributed by atoms with Crippen molar-refractivity contribution < 1.29 is 0 Å². The number of hydrogen-bond acceptors (Lipinski definition) is 6. The highest BCUT2D eigenvalue weighted by Crippen LogP contribution is 2.34. The number of hydrogen-bond donors (Lipinski definition) is 1. The molecule has 2 saturated heterocycles. The van der Waals surface area contributed by atoms with Crippen molar-refractivity contribution in [2.75, 3.05) is 58.3 Å². The Hall–Kier alpha value is -3.23. The van der Waals surface area contributed by atoms with E-state index in [9.17, 15) is 0 Å². The first kappa shape index (κ1) is 23.2. The average molecular weight is 485 g/mol. The Morgan fingerprint density at radius 1 is 0.833 bits per heavy atom. The molecule has 0 amide bonds. The highest BCUT2D eigenvalue weighted by Gasteiger charge is 2.21. The predicted molar refractivity (Wildman–Crippen MR) is 145 cm³/mol. The normalized spacial score (nSPS) is 18.4. The van der Waals surface area contributed by atoms with Crippen LogP contribution in [0.4, 0.5) is 5.69 Å². The number of anilines is 1. The van der Waals surface area contributed by atoms with Crippen molar-refractivity contribution in [3.8, 4) is 22.4 Å². The van der Waals surface area contributed by atoms with Gasteiger partial charge in [0.25, 0.3) is 0 Å². The third kappa shape index (κ3) is 4.29. The molecular formula is C28H36N8. The number of benzene rings is 1. The third-order valence-corrected chi connectivity index (χ3v) is 8.02. The van der Waals surface area contributed by atoms with E-state index in [1.165, 1.54) is 16.8 Å². The molecule has 3 aromatic heterocycles. The van der Waals surface area contributed by atoms with Gasteiger partial charge >= 0.3 is 0 Å². The van der Waals surface area contributed by atoms with Gasteiger partial charge in [0.15, 0.2) is 5.65 Å². The van der Waals surface area contributed by atoms with E-state index in [0.29, 0.717) is 6.04 Å². The zero-order valence-electron chi connectivity index (χ0n) is 21.8. The Morgan fingerprint density at radius 3 is 2.25 bits per heavy atom. The zero-order valence-corrected chi connectivity index (χ0v) is 21.8. The summed E-state index contributed by atoms with van der Waals surface area (Å²) in [6.45, 7) is 11.0. The lowest BCUT2D eigenvalue weighted by molar-refractivity contribution is 0.212. The summed E-state index contributed by atoms with van der Waals surface area (Å²) in [4.78, 5) is 10.6. The number of H-pyrrole nitrogens is 1. The fraction of sp³-hybridized carbons (Fsp3) is 0.464. The summed E-state index contributed by atoms with van der Waals surface area (Å²) >= 11 is 0. The number of likely N-dealkylation sites (tertiary alicyclic amines) is 1. The SMILES string of the molecule is Cc1cc(-c2cc3c(-c4cnn(C5CCN(C)CC5)c4)c[nH]c3nn2)cc(C)c1N1CCN(C)CC1. The standard InChI is InChI=1S/C28H36N8/c1-19-13-21(14-20(2)27(19)35-11-9-34(4)10-12-35)26-15-24-25(17-29-28(24)32-31-26)22-16-30-36(18-22)23-5-7-33(3)8-6-23/h13-18,23H,5-12H2,1-4H3,(H,29,32). The van der Waals surface area contributed by atoms with Crippen LogP contribution in [-0.4, -0.2) is 88.1 Å². The van der Waals surface area contributed by atoms with Crippen molar-refractivity contribution in [1.82, 2.24) is 34.8 Å². The van der Waals surface area contributed by atoms with Gasteiger partial charge in [0.1, 0.15) is 0 Å². The van der Waals surface area contributed by atoms with Gasteiger partial charge in [-0.15, -0.1) is 10.2 Å². The second kappa shape index (κ2) is 9.33. The zero-order chi connectivity index (χ0) is 24.8. The van der Waals surface area contributed by atoms with Crippen LogP contribution in [-0.2, 0) is 0 Å². The van der Waals surface area contributed by atoms with Crippen LogP contribution in [0.3, 0.4) is 0 Å². The molecule has 5 heterocycles. The highest BCUT2D eigenvalue weighted by molar-refractivity contribution is 5.95. The van der Waals surface area contributed by atoms with Gasteiger partial charge in [0.2, 0.25) is 0 Å². The monoisotopic (exact) mass is 484 g/mol. The van der Waals surface area contributed by atoms with E-state index < -0.39 is 0 Å². The van der Waals surface area contributed by atoms with Gasteiger partial charge in [-0.25, -0.2) is 0 Å². The number of fused-ring (bicyclic) bond motifs is 1. The molecule has 0 unspecified atom stereocenters. The van der Waals surface area contributed by atoms with Crippen molar-refractivity contribution >= 4 is 16.7 Å². The Morgan fingerprint density at radius 2 is 1.53 bits per heavy atom. The first-order valence-electron chi connectivity index (χ1n) is 13.1. The van der Waals surface area contributed by atoms with Crippen LogP contribution in [0.25, 0.3) is 33.4 Å². The lowest BCUT2D eigenvalue weighted by Crippen LogP contribution is -2.45. The van der Waals surface area contributed by atoms with Crippen molar-refractivity contribution in [3.63, 3.8) is 0 Å². The molecule has 36 heavy (non-hydrogen) atoms. The number of nitrogens with zero attached hydrogens (tertiary/aromatic N) is 7. The molecule has 0 saturated carbocycles. The molecule has 8 heteroatoms. The van der Waals surface area contributed by atoms with Crippen molar-refractivity contribution in [2.24, 2.45) is 0 Å². The van der Waals surface area contributed by atoms with Crippen LogP contribution < -0.4 is 4.90 Å². The topological polar surface area (TPSA) is 69.1 Å². The van der Waals surface area contributed by atoms with Gasteiger partial charge in [0, 0.05) is 66.3 Å². The predicted octanol–water partition coefficient (Wildman–Crippen LogP) is 4.12. The smallest absolute Gasteiger partial charge is 0.160 e. The average Bonchev–Trinajstić information content (AvgIpc) is 3.52. The maximum absolute atomic E-state index is 4.73. The number of aromatic nitrogens is 5. The van der Waals surface area contributed by atoms with Gasteiger partial charge in [-0.3, -0.25) is 4.68 Å². The maximum atomic E-state index is 4.73. The molecule has 4 aromatic rings. The molecule has 6 rings (SSSR count). The molecule has 2 aliphatic rings. The van der Waals surface area contributed by atoms with Crippen LogP contribution in [0.15, 0.2) is 36.8 Å². The van der Waals surface area contributed by atoms with E-state index in [2.05, 4.69) is 86.9 Å². The van der Waals surface area contributed by atoms with Crippen LogP contribution in [0.1, 0.15) is 30.0 Å². The van der Waals surface area contributed by atoms with Gasteiger partial charge in [-0.05, 0) is 83.2 Å². The number of aromatic amines is 1. The summed E-state index contributed by atoms with van der Waals surface area (Å²) in [6, 6.07) is 7.17. The van der Waals surface area contributed by atoms with Crippen molar-refractivity contribution in [1.29, 1.82) is 0 Å². The van der Waals surface area contributed by atoms with E-state index in [0.717, 1.165) is 85.5 Å². The molecule has 0 spiro atoms. The summed E-state index contributed by atoms with van der Waals surface area (Å²) in [6.07, 6.45) is 8.50. The molecule has 0 atom stereocenters. The van der Waals surface area contributed by atoms with E-state index >= 15 is 0 Å². The van der Waals surface area contributed by atoms with Crippen LogP contribution in [0, 0.1) is 13.8 Å². The Bertz CT molecular complexity index is 1350. The number of piperidine rings is 1. The fourth-order valence-electron chi connectivity index (χ4n) is 5.87. The van der Waals surface area contributed by atoms with Crippen LogP contribution in [0.5, 0.6) is 0 Å². The lowest BCUT2D eigenvalue weighted by atomic mass is 9.99. The minimum Gasteiger partial charge on any atom is -0.369 e. The van der Waals surface area contributed by atoms with Crippen molar-refractivity contribution in [3.05, 3.63) is 47.9 Å². The number of aryl methyl sites for hydroxylation is 2. The molecule has 0 radical (unpaired) electrons. The van der Waals surface area contributed by atoms with Crippen LogP contribution >= 0.6 is 0 Å². The van der Waals surface area contributed by atoms with E-state index in [4.69, 9.17) is 5.10 Å². The molecule has 1 aromatic carbocycles. The Balaban J connectivity index is 1.30. The number of nitrogens with one attached hydrogen (secondary N) is 1. The van der Waals surface area contributed by atoms with Crippen molar-refractivity contribution in [2.45, 2.75) is 32.7 Å². The first-order chi connectivity index (χ1) is 17.5. The second-order valence-corrected chi connectivity index (χ2v) is 10.7. The molecule has 1 N–H and O–H groups in total. The minimum absolute atomic E-state index is 0.472. The summed E-state index contributed by atoms with van der Waals surface area (Å²) in [5.41, 5.74) is 9.04. The Kier molecular flexibility index (Phi) is 6.01. The maximum Gasteiger partial charge on any atom is 0.160 e. The number of likely N-dealkylation sites (N-methyl/N-ethyl adjacent to an activating group) is 1. The molecule has 188 valence electrons. The van der Waals surface area contributed by atoms with Gasteiger partial charge < -0.3 is 19.7 Å². The van der Waals surface area contributed by atoms with Gasteiger partial charge in [0.05, 0.1) is 17.9 Å². The van der Waals surface area contributed by atoms with E-state index in [1.54, 1.807) is 0 Å². The third-order valence-electron chi connectivity index (χ3n) is 8.02. The van der Waals surface area contributed by atoms with E-state index in [-0.39, 0.29) is 0 Å². The second-order valence-electron chi connectivity index (χ2n) is 10.7. The summed E-state index contributed by atoms with van der Waals surface area (Å²) in [5, 5.41) is 14.9. The first-order valence-corrected chi connectivity index (χ1v) is 13.1. The Labute approximate surface area is 212 Å². The lowest BCUT2D eigenvalue weighted by Gasteiger charge is -2.36. The summed E-state index contributed by atoms with van der Waals surface area (Å²) in [7, 11) is 4.39. The quantitative estimate of drug-likeness (QED) is 0.470. The molecule has 0 bridgehead atoms. The van der Waals surface area contributed by atoms with Gasteiger partial charge in [-0.1, -0.05) is 0 Å².